The summed E-state index contributed by atoms with van der Waals surface area (Å²) in [4.78, 5) is 25.0. The second-order valence-electron chi connectivity index (χ2n) is 4.34. The molecule has 1 aliphatic rings. The lowest BCUT2D eigenvalue weighted by atomic mass is 10.1. The summed E-state index contributed by atoms with van der Waals surface area (Å²) >= 11 is 6.14. The highest BCUT2D eigenvalue weighted by atomic mass is 35.5. The molecule has 2 rings (SSSR count). The summed E-state index contributed by atoms with van der Waals surface area (Å²) in [6.45, 7) is 1.02. The number of morpholine rings is 1. The van der Waals surface area contributed by atoms with Crippen LogP contribution in [0.4, 0.5) is 5.69 Å². The van der Waals surface area contributed by atoms with Crippen molar-refractivity contribution in [3.63, 3.8) is 0 Å². The molecule has 2 N–H and O–H groups in total. The Morgan fingerprint density at radius 1 is 1.50 bits per heavy atom. The van der Waals surface area contributed by atoms with Crippen molar-refractivity contribution in [3.8, 4) is 0 Å². The Morgan fingerprint density at radius 3 is 2.90 bits per heavy atom. The molecule has 108 valence electrons. The number of para-hydroxylation sites is 1. The summed E-state index contributed by atoms with van der Waals surface area (Å²) in [7, 11) is 1.53. The van der Waals surface area contributed by atoms with E-state index in [4.69, 9.17) is 16.3 Å². The van der Waals surface area contributed by atoms with Gasteiger partial charge in [-0.2, -0.15) is 0 Å². The van der Waals surface area contributed by atoms with Crippen LogP contribution in [0.5, 0.6) is 0 Å². The highest BCUT2D eigenvalue weighted by Crippen LogP contribution is 2.32. The van der Waals surface area contributed by atoms with E-state index in [9.17, 15) is 14.7 Å². The number of aromatic carboxylic acids is 1. The Kier molecular flexibility index (Phi) is 4.46. The van der Waals surface area contributed by atoms with E-state index in [0.717, 1.165) is 0 Å². The molecule has 0 aromatic heterocycles. The van der Waals surface area contributed by atoms with Crippen LogP contribution in [0, 0.1) is 0 Å². The van der Waals surface area contributed by atoms with Crippen molar-refractivity contribution in [1.29, 1.82) is 0 Å². The van der Waals surface area contributed by atoms with Gasteiger partial charge in [-0.1, -0.05) is 17.7 Å². The number of nitrogens with one attached hydrogen (secondary N) is 1. The minimum Gasteiger partial charge on any atom is -0.478 e. The van der Waals surface area contributed by atoms with Crippen molar-refractivity contribution in [2.24, 2.45) is 0 Å². The van der Waals surface area contributed by atoms with Gasteiger partial charge in [0.15, 0.2) is 0 Å². The molecule has 1 saturated heterocycles. The predicted molar refractivity (Wildman–Crippen MR) is 74.4 cm³/mol. The number of hydrogen-bond acceptors (Lipinski definition) is 4. The SMILES string of the molecule is CNC(=O)C1COCCN1c1c(Cl)cccc1C(=O)O. The molecule has 0 saturated carbocycles. The lowest BCUT2D eigenvalue weighted by molar-refractivity contribution is -0.124. The van der Waals surface area contributed by atoms with Gasteiger partial charge in [0.2, 0.25) is 5.91 Å². The van der Waals surface area contributed by atoms with Gasteiger partial charge in [-0.25, -0.2) is 4.79 Å². The van der Waals surface area contributed by atoms with Crippen LogP contribution in [0.1, 0.15) is 10.4 Å². The summed E-state index contributed by atoms with van der Waals surface area (Å²) < 4.78 is 5.30. The van der Waals surface area contributed by atoms with Gasteiger partial charge in [0.05, 0.1) is 29.5 Å². The van der Waals surface area contributed by atoms with Crippen molar-refractivity contribution in [2.75, 3.05) is 31.7 Å². The first-order valence-corrected chi connectivity index (χ1v) is 6.52. The minimum atomic E-state index is -1.08. The van der Waals surface area contributed by atoms with E-state index in [1.807, 2.05) is 0 Å². The lowest BCUT2D eigenvalue weighted by Gasteiger charge is -2.37. The topological polar surface area (TPSA) is 78.9 Å². The number of rotatable bonds is 3. The van der Waals surface area contributed by atoms with Crippen LogP contribution in [-0.4, -0.2) is 49.8 Å². The lowest BCUT2D eigenvalue weighted by Crippen LogP contribution is -2.53. The fourth-order valence-electron chi connectivity index (χ4n) is 2.23. The van der Waals surface area contributed by atoms with E-state index in [1.165, 1.54) is 13.1 Å². The molecule has 0 spiro atoms. The van der Waals surface area contributed by atoms with E-state index in [1.54, 1.807) is 17.0 Å². The van der Waals surface area contributed by atoms with Gasteiger partial charge >= 0.3 is 5.97 Å². The second-order valence-corrected chi connectivity index (χ2v) is 4.75. The van der Waals surface area contributed by atoms with Gasteiger partial charge in [0, 0.05) is 13.6 Å². The minimum absolute atomic E-state index is 0.0771. The number of amides is 1. The molecule has 20 heavy (non-hydrogen) atoms. The van der Waals surface area contributed by atoms with Crippen LogP contribution in [-0.2, 0) is 9.53 Å². The van der Waals surface area contributed by atoms with Crippen LogP contribution in [0.25, 0.3) is 0 Å². The molecule has 0 bridgehead atoms. The quantitative estimate of drug-likeness (QED) is 0.870. The number of benzene rings is 1. The maximum absolute atomic E-state index is 11.9. The summed E-state index contributed by atoms with van der Waals surface area (Å²) in [5.74, 6) is -1.31. The molecule has 1 aromatic carbocycles. The van der Waals surface area contributed by atoms with Crippen LogP contribution in [0.3, 0.4) is 0 Å². The smallest absolute Gasteiger partial charge is 0.337 e. The zero-order valence-electron chi connectivity index (χ0n) is 10.9. The van der Waals surface area contributed by atoms with E-state index in [0.29, 0.717) is 23.9 Å². The molecule has 1 fully saturated rings. The number of anilines is 1. The van der Waals surface area contributed by atoms with Gasteiger partial charge in [0.1, 0.15) is 6.04 Å². The average molecular weight is 299 g/mol. The fourth-order valence-corrected chi connectivity index (χ4v) is 2.52. The Hall–Kier alpha value is -1.79. The zero-order valence-corrected chi connectivity index (χ0v) is 11.7. The number of carbonyl (C=O) groups is 2. The largest absolute Gasteiger partial charge is 0.478 e. The standard InChI is InChI=1S/C13H15ClN2O4/c1-15-12(17)10-7-20-6-5-16(10)11-8(13(18)19)3-2-4-9(11)14/h2-4,10H,5-7H2,1H3,(H,15,17)(H,18,19). The number of hydrogen-bond donors (Lipinski definition) is 2. The van der Waals surface area contributed by atoms with Crippen molar-refractivity contribution >= 4 is 29.2 Å². The molecular formula is C13H15ClN2O4. The molecule has 1 aromatic rings. The molecular weight excluding hydrogens is 284 g/mol. The molecule has 1 unspecified atom stereocenters. The molecule has 1 heterocycles. The van der Waals surface area contributed by atoms with Gasteiger partial charge in [-0.05, 0) is 12.1 Å². The van der Waals surface area contributed by atoms with Gasteiger partial charge in [0.25, 0.3) is 0 Å². The highest BCUT2D eigenvalue weighted by molar-refractivity contribution is 6.34. The van der Waals surface area contributed by atoms with E-state index in [2.05, 4.69) is 5.32 Å². The van der Waals surface area contributed by atoms with Crippen LogP contribution >= 0.6 is 11.6 Å². The fraction of sp³-hybridized carbons (Fsp3) is 0.385. The third kappa shape index (κ3) is 2.71. The van der Waals surface area contributed by atoms with Crippen LogP contribution < -0.4 is 10.2 Å². The van der Waals surface area contributed by atoms with Crippen LogP contribution in [0.2, 0.25) is 5.02 Å². The van der Waals surface area contributed by atoms with E-state index >= 15 is 0 Å². The van der Waals surface area contributed by atoms with E-state index < -0.39 is 12.0 Å². The number of halogens is 1. The molecule has 6 nitrogen and oxygen atoms in total. The average Bonchev–Trinajstić information content (AvgIpc) is 2.46. The predicted octanol–water partition coefficient (Wildman–Crippen LogP) is 0.989. The maximum atomic E-state index is 11.9. The van der Waals surface area contributed by atoms with E-state index in [-0.39, 0.29) is 18.1 Å². The Bertz CT molecular complexity index is 535. The summed E-state index contributed by atoms with van der Waals surface area (Å²) in [6.07, 6.45) is 0. The van der Waals surface area contributed by atoms with Crippen LogP contribution in [0.15, 0.2) is 18.2 Å². The summed E-state index contributed by atoms with van der Waals surface area (Å²) in [5.41, 5.74) is 0.437. The third-order valence-electron chi connectivity index (χ3n) is 3.18. The second kappa shape index (κ2) is 6.11. The maximum Gasteiger partial charge on any atom is 0.337 e. The van der Waals surface area contributed by atoms with Gasteiger partial charge in [-0.15, -0.1) is 0 Å². The van der Waals surface area contributed by atoms with Gasteiger partial charge < -0.3 is 20.1 Å². The van der Waals surface area contributed by atoms with Crippen molar-refractivity contribution < 1.29 is 19.4 Å². The highest BCUT2D eigenvalue weighted by Gasteiger charge is 2.32. The van der Waals surface area contributed by atoms with Crippen molar-refractivity contribution in [2.45, 2.75) is 6.04 Å². The molecule has 0 radical (unpaired) electrons. The monoisotopic (exact) mass is 298 g/mol. The zero-order chi connectivity index (χ0) is 14.7. The number of carboxylic acid groups (broad SMARTS) is 1. The summed E-state index contributed by atoms with van der Waals surface area (Å²) in [5, 5.41) is 12.1. The first-order valence-electron chi connectivity index (χ1n) is 6.14. The molecule has 7 heteroatoms. The number of carboxylic acids is 1. The number of carbonyl (C=O) groups excluding carboxylic acids is 1. The van der Waals surface area contributed by atoms with Crippen molar-refractivity contribution in [1.82, 2.24) is 5.32 Å². The Labute approximate surface area is 121 Å². The van der Waals surface area contributed by atoms with Gasteiger partial charge in [-0.3, -0.25) is 4.79 Å². The molecule has 1 aliphatic heterocycles. The normalized spacial score (nSPS) is 18.7. The molecule has 1 amide bonds. The third-order valence-corrected chi connectivity index (χ3v) is 3.49. The summed E-state index contributed by atoms with van der Waals surface area (Å²) in [6, 6.07) is 4.07. The first kappa shape index (κ1) is 14.6. The molecule has 0 aliphatic carbocycles. The Morgan fingerprint density at radius 2 is 2.25 bits per heavy atom. The Balaban J connectivity index is 2.47. The van der Waals surface area contributed by atoms with Crippen molar-refractivity contribution in [3.05, 3.63) is 28.8 Å². The number of ether oxygens (including phenoxy) is 1. The number of nitrogens with zero attached hydrogens (tertiary/aromatic N) is 1. The first-order chi connectivity index (χ1) is 9.56. The molecule has 1 atom stereocenters. The number of likely N-dealkylation sites (N-methyl/N-ethyl adjacent to an activating group) is 1.